The van der Waals surface area contributed by atoms with Crippen molar-refractivity contribution in [3.63, 3.8) is 0 Å². The number of carbonyl (C=O) groups is 1. The molecule has 23 heavy (non-hydrogen) atoms. The molecule has 4 nitrogen and oxygen atoms in total. The molecule has 0 aliphatic rings. The zero-order valence-corrected chi connectivity index (χ0v) is 12.9. The number of para-hydroxylation sites is 1. The molecule has 0 atom stereocenters. The van der Waals surface area contributed by atoms with Gasteiger partial charge in [0.25, 0.3) is 5.91 Å². The molecule has 3 aromatic rings. The molecule has 0 radical (unpaired) electrons. The first-order valence-corrected chi connectivity index (χ1v) is 7.43. The number of benzene rings is 2. The molecule has 114 valence electrons. The highest BCUT2D eigenvalue weighted by molar-refractivity contribution is 6.31. The third kappa shape index (κ3) is 4.08. The largest absolute Gasteiger partial charge is 0.340 e. The minimum atomic E-state index is -0.224. The van der Waals surface area contributed by atoms with Crippen LogP contribution < -0.4 is 10.6 Å². The number of aromatic nitrogens is 1. The lowest BCUT2D eigenvalue weighted by Crippen LogP contribution is -2.12. The van der Waals surface area contributed by atoms with E-state index in [1.807, 2.05) is 30.3 Å². The van der Waals surface area contributed by atoms with Crippen molar-refractivity contribution in [2.24, 2.45) is 0 Å². The number of pyridine rings is 1. The minimum Gasteiger partial charge on any atom is -0.340 e. The van der Waals surface area contributed by atoms with E-state index < -0.39 is 0 Å². The van der Waals surface area contributed by atoms with Crippen molar-refractivity contribution in [2.45, 2.75) is 0 Å². The molecular weight excluding hydrogens is 310 g/mol. The highest BCUT2D eigenvalue weighted by atomic mass is 35.5. The van der Waals surface area contributed by atoms with Crippen molar-refractivity contribution in [2.75, 3.05) is 10.6 Å². The van der Waals surface area contributed by atoms with Gasteiger partial charge in [-0.1, -0.05) is 35.9 Å². The molecule has 1 aromatic heterocycles. The number of anilines is 3. The number of nitrogens with one attached hydrogen (secondary N) is 2. The third-order valence-corrected chi connectivity index (χ3v) is 3.39. The Bertz CT molecular complexity index is 804. The van der Waals surface area contributed by atoms with Gasteiger partial charge >= 0.3 is 0 Å². The van der Waals surface area contributed by atoms with Crippen molar-refractivity contribution in [3.8, 4) is 0 Å². The summed E-state index contributed by atoms with van der Waals surface area (Å²) in [5.41, 5.74) is 2.08. The summed E-state index contributed by atoms with van der Waals surface area (Å²) in [6.45, 7) is 0. The predicted molar refractivity (Wildman–Crippen MR) is 93.4 cm³/mol. The summed E-state index contributed by atoms with van der Waals surface area (Å²) in [6, 6.07) is 20.1. The first-order valence-electron chi connectivity index (χ1n) is 7.06. The van der Waals surface area contributed by atoms with E-state index in [0.29, 0.717) is 22.1 Å². The monoisotopic (exact) mass is 323 g/mol. The second-order valence-electron chi connectivity index (χ2n) is 4.89. The molecule has 1 heterocycles. The molecule has 0 bridgehead atoms. The van der Waals surface area contributed by atoms with Crippen molar-refractivity contribution >= 4 is 34.7 Å². The fraction of sp³-hybridized carbons (Fsp3) is 0. The lowest BCUT2D eigenvalue weighted by atomic mass is 10.2. The van der Waals surface area contributed by atoms with Crippen LogP contribution in [-0.4, -0.2) is 10.9 Å². The second kappa shape index (κ2) is 6.94. The summed E-state index contributed by atoms with van der Waals surface area (Å²) in [5.74, 6) is 0.482. The Labute approximate surface area is 139 Å². The van der Waals surface area contributed by atoms with Crippen LogP contribution in [0, 0.1) is 0 Å². The van der Waals surface area contributed by atoms with Crippen molar-refractivity contribution in [1.82, 2.24) is 4.98 Å². The molecule has 0 unspecified atom stereocenters. The van der Waals surface area contributed by atoms with Gasteiger partial charge in [0.2, 0.25) is 0 Å². The van der Waals surface area contributed by atoms with Crippen molar-refractivity contribution in [3.05, 3.63) is 83.5 Å². The van der Waals surface area contributed by atoms with Gasteiger partial charge in [0.15, 0.2) is 0 Å². The van der Waals surface area contributed by atoms with Gasteiger partial charge in [-0.05, 0) is 42.5 Å². The molecule has 0 aliphatic carbocycles. The van der Waals surface area contributed by atoms with E-state index in [1.165, 1.54) is 0 Å². The Hall–Kier alpha value is -2.85. The van der Waals surface area contributed by atoms with Crippen molar-refractivity contribution < 1.29 is 4.79 Å². The standard InChI is InChI=1S/C18H14ClN3O/c19-14-6-4-5-13(11-14)18(23)22-16-9-10-17(20-12-16)21-15-7-2-1-3-8-15/h1-12H,(H,20,21)(H,22,23). The molecule has 0 spiro atoms. The van der Waals surface area contributed by atoms with Gasteiger partial charge in [0, 0.05) is 16.3 Å². The maximum atomic E-state index is 12.1. The molecule has 5 heteroatoms. The lowest BCUT2D eigenvalue weighted by molar-refractivity contribution is 0.102. The van der Waals surface area contributed by atoms with Gasteiger partial charge in [0.1, 0.15) is 5.82 Å². The van der Waals surface area contributed by atoms with Crippen molar-refractivity contribution in [1.29, 1.82) is 0 Å². The molecular formula is C18H14ClN3O. The molecule has 2 N–H and O–H groups in total. The lowest BCUT2D eigenvalue weighted by Gasteiger charge is -2.08. The van der Waals surface area contributed by atoms with Crippen LogP contribution in [0.2, 0.25) is 5.02 Å². The number of hydrogen-bond donors (Lipinski definition) is 2. The van der Waals surface area contributed by atoms with Gasteiger partial charge in [-0.3, -0.25) is 4.79 Å². The highest BCUT2D eigenvalue weighted by Crippen LogP contribution is 2.17. The van der Waals surface area contributed by atoms with Crippen LogP contribution in [0.15, 0.2) is 72.9 Å². The SMILES string of the molecule is O=C(Nc1ccc(Nc2ccccc2)nc1)c1cccc(Cl)c1. The third-order valence-electron chi connectivity index (χ3n) is 3.15. The molecule has 0 saturated heterocycles. The molecule has 0 fully saturated rings. The van der Waals surface area contributed by atoms with Crippen LogP contribution in [0.5, 0.6) is 0 Å². The fourth-order valence-corrected chi connectivity index (χ4v) is 2.23. The Kier molecular flexibility index (Phi) is 4.54. The van der Waals surface area contributed by atoms with Crippen LogP contribution in [0.1, 0.15) is 10.4 Å². The summed E-state index contributed by atoms with van der Waals surface area (Å²) >= 11 is 5.89. The van der Waals surface area contributed by atoms with E-state index in [-0.39, 0.29) is 5.91 Å². The summed E-state index contributed by atoms with van der Waals surface area (Å²) in [4.78, 5) is 16.4. The molecule has 1 amide bonds. The van der Waals surface area contributed by atoms with Gasteiger partial charge in [-0.25, -0.2) is 4.98 Å². The summed E-state index contributed by atoms with van der Waals surface area (Å²) in [5, 5.41) is 6.50. The first kappa shape index (κ1) is 15.1. The average molecular weight is 324 g/mol. The van der Waals surface area contributed by atoms with Gasteiger partial charge < -0.3 is 10.6 Å². The summed E-state index contributed by atoms with van der Waals surface area (Å²) < 4.78 is 0. The van der Waals surface area contributed by atoms with Gasteiger partial charge in [-0.15, -0.1) is 0 Å². The van der Waals surface area contributed by atoms with Crippen LogP contribution in [0.3, 0.4) is 0 Å². The summed E-state index contributed by atoms with van der Waals surface area (Å²) in [7, 11) is 0. The second-order valence-corrected chi connectivity index (χ2v) is 5.32. The average Bonchev–Trinajstić information content (AvgIpc) is 2.57. The van der Waals surface area contributed by atoms with E-state index in [0.717, 1.165) is 5.69 Å². The van der Waals surface area contributed by atoms with E-state index in [9.17, 15) is 4.79 Å². The maximum absolute atomic E-state index is 12.1. The van der Waals surface area contributed by atoms with E-state index in [1.54, 1.807) is 42.6 Å². The maximum Gasteiger partial charge on any atom is 0.255 e. The van der Waals surface area contributed by atoms with E-state index in [4.69, 9.17) is 11.6 Å². The fourth-order valence-electron chi connectivity index (χ4n) is 2.04. The Morgan fingerprint density at radius 1 is 0.913 bits per heavy atom. The van der Waals surface area contributed by atoms with Crippen LogP contribution in [0.25, 0.3) is 0 Å². The van der Waals surface area contributed by atoms with Gasteiger partial charge in [0.05, 0.1) is 11.9 Å². The number of carbonyl (C=O) groups excluding carboxylic acids is 1. The topological polar surface area (TPSA) is 54.0 Å². The smallest absolute Gasteiger partial charge is 0.255 e. The quantitative estimate of drug-likeness (QED) is 0.729. The number of nitrogens with zero attached hydrogens (tertiary/aromatic N) is 1. The zero-order chi connectivity index (χ0) is 16.1. The zero-order valence-electron chi connectivity index (χ0n) is 12.2. The minimum absolute atomic E-state index is 0.224. The van der Waals surface area contributed by atoms with Crippen LogP contribution in [0.4, 0.5) is 17.2 Å². The number of halogens is 1. The normalized spacial score (nSPS) is 10.1. The van der Waals surface area contributed by atoms with Gasteiger partial charge in [-0.2, -0.15) is 0 Å². The summed E-state index contributed by atoms with van der Waals surface area (Å²) in [6.07, 6.45) is 1.60. The Morgan fingerprint density at radius 3 is 2.43 bits per heavy atom. The van der Waals surface area contributed by atoms with Crippen LogP contribution in [-0.2, 0) is 0 Å². The number of hydrogen-bond acceptors (Lipinski definition) is 3. The van der Waals surface area contributed by atoms with Crippen LogP contribution >= 0.6 is 11.6 Å². The molecule has 0 saturated carbocycles. The molecule has 3 rings (SSSR count). The number of amides is 1. The Balaban J connectivity index is 1.67. The molecule has 0 aliphatic heterocycles. The Morgan fingerprint density at radius 2 is 1.74 bits per heavy atom. The van der Waals surface area contributed by atoms with E-state index >= 15 is 0 Å². The van der Waals surface area contributed by atoms with E-state index in [2.05, 4.69) is 15.6 Å². The highest BCUT2D eigenvalue weighted by Gasteiger charge is 2.06. The predicted octanol–water partition coefficient (Wildman–Crippen LogP) is 4.73. The first-order chi connectivity index (χ1) is 11.2. The molecule has 2 aromatic carbocycles. The number of rotatable bonds is 4.